The number of halogens is 1. The highest BCUT2D eigenvalue weighted by atomic mass is 19.1. The third kappa shape index (κ3) is 4.75. The largest absolute Gasteiger partial charge is 0.493 e. The molecule has 0 atom stereocenters. The Labute approximate surface area is 152 Å². The van der Waals surface area contributed by atoms with Gasteiger partial charge in [-0.15, -0.1) is 0 Å². The Hall–Kier alpha value is -3.02. The predicted molar refractivity (Wildman–Crippen MR) is 98.0 cm³/mol. The summed E-state index contributed by atoms with van der Waals surface area (Å²) in [4.78, 5) is 13.8. The zero-order valence-corrected chi connectivity index (χ0v) is 15.3. The van der Waals surface area contributed by atoms with E-state index in [0.717, 1.165) is 11.1 Å². The molecule has 0 unspecified atom stereocenters. The van der Waals surface area contributed by atoms with Gasteiger partial charge in [0.1, 0.15) is 5.82 Å². The van der Waals surface area contributed by atoms with Gasteiger partial charge in [0, 0.05) is 19.7 Å². The molecular formula is C20H22FNO4. The lowest BCUT2D eigenvalue weighted by molar-refractivity contribution is -0.125. The fourth-order valence-electron chi connectivity index (χ4n) is 2.43. The zero-order valence-electron chi connectivity index (χ0n) is 15.3. The maximum Gasteiger partial charge on any atom is 0.246 e. The lowest BCUT2D eigenvalue weighted by Crippen LogP contribution is -2.24. The van der Waals surface area contributed by atoms with Gasteiger partial charge < -0.3 is 19.1 Å². The average Bonchev–Trinajstić information content (AvgIpc) is 2.66. The summed E-state index contributed by atoms with van der Waals surface area (Å²) < 4.78 is 28.8. The molecule has 0 N–H and O–H groups in total. The molecule has 6 heteroatoms. The highest BCUT2D eigenvalue weighted by molar-refractivity contribution is 5.91. The van der Waals surface area contributed by atoms with E-state index in [-0.39, 0.29) is 11.7 Å². The van der Waals surface area contributed by atoms with Crippen LogP contribution in [-0.4, -0.2) is 39.2 Å². The minimum absolute atomic E-state index is 0.178. The number of nitrogens with zero attached hydrogens (tertiary/aromatic N) is 1. The van der Waals surface area contributed by atoms with Gasteiger partial charge in [-0.1, -0.05) is 12.1 Å². The monoisotopic (exact) mass is 359 g/mol. The SMILES string of the molecule is COc1cc(/C=C/C(=O)N(C)Cc2ccc(F)cc2)cc(OC)c1OC. The van der Waals surface area contributed by atoms with Crippen LogP contribution in [0.1, 0.15) is 11.1 Å². The van der Waals surface area contributed by atoms with E-state index in [2.05, 4.69) is 0 Å². The van der Waals surface area contributed by atoms with Gasteiger partial charge in [0.25, 0.3) is 0 Å². The number of hydrogen-bond donors (Lipinski definition) is 0. The summed E-state index contributed by atoms with van der Waals surface area (Å²) in [6, 6.07) is 9.57. The summed E-state index contributed by atoms with van der Waals surface area (Å²) in [6.07, 6.45) is 3.14. The molecule has 0 spiro atoms. The van der Waals surface area contributed by atoms with Crippen LogP contribution in [0.2, 0.25) is 0 Å². The normalized spacial score (nSPS) is 10.7. The van der Waals surface area contributed by atoms with Crippen molar-refractivity contribution in [2.24, 2.45) is 0 Å². The summed E-state index contributed by atoms with van der Waals surface area (Å²) in [7, 11) is 6.29. The number of ether oxygens (including phenoxy) is 3. The van der Waals surface area contributed by atoms with E-state index in [4.69, 9.17) is 14.2 Å². The van der Waals surface area contributed by atoms with Crippen molar-refractivity contribution in [2.75, 3.05) is 28.4 Å². The summed E-state index contributed by atoms with van der Waals surface area (Å²) in [6.45, 7) is 0.388. The predicted octanol–water partition coefficient (Wildman–Crippen LogP) is 3.52. The molecule has 2 aromatic rings. The average molecular weight is 359 g/mol. The third-order valence-corrected chi connectivity index (χ3v) is 3.81. The van der Waals surface area contributed by atoms with Crippen molar-refractivity contribution in [3.05, 3.63) is 59.4 Å². The van der Waals surface area contributed by atoms with Crippen LogP contribution in [0.15, 0.2) is 42.5 Å². The van der Waals surface area contributed by atoms with Crippen LogP contribution in [0.4, 0.5) is 4.39 Å². The Balaban J connectivity index is 2.12. The van der Waals surface area contributed by atoms with Crippen molar-refractivity contribution in [2.45, 2.75) is 6.54 Å². The topological polar surface area (TPSA) is 48.0 Å². The van der Waals surface area contributed by atoms with Crippen LogP contribution < -0.4 is 14.2 Å². The van der Waals surface area contributed by atoms with Crippen molar-refractivity contribution < 1.29 is 23.4 Å². The molecule has 0 aliphatic heterocycles. The van der Waals surface area contributed by atoms with Crippen LogP contribution in [0.25, 0.3) is 6.08 Å². The molecular weight excluding hydrogens is 337 g/mol. The number of likely N-dealkylation sites (N-methyl/N-ethyl adjacent to an activating group) is 1. The van der Waals surface area contributed by atoms with E-state index in [0.29, 0.717) is 23.8 Å². The van der Waals surface area contributed by atoms with Crippen molar-refractivity contribution in [3.8, 4) is 17.2 Å². The molecule has 2 aromatic carbocycles. The number of benzene rings is 2. The first-order valence-electron chi connectivity index (χ1n) is 7.96. The first-order chi connectivity index (χ1) is 12.5. The molecule has 0 saturated carbocycles. The maximum atomic E-state index is 12.9. The van der Waals surface area contributed by atoms with Gasteiger partial charge in [-0.2, -0.15) is 0 Å². The fraction of sp³-hybridized carbons (Fsp3) is 0.250. The van der Waals surface area contributed by atoms with E-state index in [9.17, 15) is 9.18 Å². The van der Waals surface area contributed by atoms with Crippen LogP contribution >= 0.6 is 0 Å². The summed E-state index contributed by atoms with van der Waals surface area (Å²) in [5, 5.41) is 0. The molecule has 0 bridgehead atoms. The smallest absolute Gasteiger partial charge is 0.246 e. The number of hydrogen-bond acceptors (Lipinski definition) is 4. The van der Waals surface area contributed by atoms with Gasteiger partial charge in [-0.05, 0) is 41.5 Å². The highest BCUT2D eigenvalue weighted by Crippen LogP contribution is 2.38. The third-order valence-electron chi connectivity index (χ3n) is 3.81. The van der Waals surface area contributed by atoms with E-state index in [1.54, 1.807) is 42.3 Å². The lowest BCUT2D eigenvalue weighted by Gasteiger charge is -2.15. The highest BCUT2D eigenvalue weighted by Gasteiger charge is 2.12. The minimum atomic E-state index is -0.301. The first-order valence-corrected chi connectivity index (χ1v) is 7.96. The van der Waals surface area contributed by atoms with Gasteiger partial charge in [-0.3, -0.25) is 4.79 Å². The number of carbonyl (C=O) groups excluding carboxylic acids is 1. The molecule has 0 fully saturated rings. The van der Waals surface area contributed by atoms with Gasteiger partial charge in [-0.25, -0.2) is 4.39 Å². The van der Waals surface area contributed by atoms with Crippen molar-refractivity contribution in [1.29, 1.82) is 0 Å². The summed E-state index contributed by atoms with van der Waals surface area (Å²) in [5.41, 5.74) is 1.59. The van der Waals surface area contributed by atoms with Gasteiger partial charge in [0.05, 0.1) is 21.3 Å². The number of rotatable bonds is 7. The Morgan fingerprint density at radius 3 is 2.12 bits per heavy atom. The van der Waals surface area contributed by atoms with E-state index < -0.39 is 0 Å². The molecule has 26 heavy (non-hydrogen) atoms. The Morgan fingerprint density at radius 2 is 1.62 bits per heavy atom. The van der Waals surface area contributed by atoms with Crippen molar-refractivity contribution in [3.63, 3.8) is 0 Å². The second-order valence-electron chi connectivity index (χ2n) is 5.61. The molecule has 1 amide bonds. The second kappa shape index (κ2) is 8.89. The van der Waals surface area contributed by atoms with E-state index in [1.165, 1.54) is 39.5 Å². The van der Waals surface area contributed by atoms with E-state index in [1.807, 2.05) is 0 Å². The summed E-state index contributed by atoms with van der Waals surface area (Å²) >= 11 is 0. The van der Waals surface area contributed by atoms with Gasteiger partial charge in [0.2, 0.25) is 11.7 Å². The molecule has 0 aromatic heterocycles. The Bertz CT molecular complexity index is 762. The molecule has 5 nitrogen and oxygen atoms in total. The number of methoxy groups -OCH3 is 3. The van der Waals surface area contributed by atoms with Crippen LogP contribution in [0.5, 0.6) is 17.2 Å². The molecule has 0 aliphatic rings. The maximum absolute atomic E-state index is 12.9. The molecule has 0 aliphatic carbocycles. The minimum Gasteiger partial charge on any atom is -0.493 e. The standard InChI is InChI=1S/C20H22FNO4/c1-22(13-14-5-8-16(21)9-6-14)19(23)10-7-15-11-17(24-2)20(26-4)18(12-15)25-3/h5-12H,13H2,1-4H3/b10-7+. The number of carbonyl (C=O) groups is 1. The molecule has 0 radical (unpaired) electrons. The second-order valence-corrected chi connectivity index (χ2v) is 5.61. The number of amides is 1. The van der Waals surface area contributed by atoms with Crippen LogP contribution in [0, 0.1) is 5.82 Å². The van der Waals surface area contributed by atoms with Crippen molar-refractivity contribution in [1.82, 2.24) is 4.90 Å². The van der Waals surface area contributed by atoms with E-state index >= 15 is 0 Å². The van der Waals surface area contributed by atoms with Crippen LogP contribution in [0.3, 0.4) is 0 Å². The van der Waals surface area contributed by atoms with Gasteiger partial charge >= 0.3 is 0 Å². The van der Waals surface area contributed by atoms with Crippen LogP contribution in [-0.2, 0) is 11.3 Å². The van der Waals surface area contributed by atoms with Gasteiger partial charge in [0.15, 0.2) is 11.5 Å². The quantitative estimate of drug-likeness (QED) is 0.710. The Kier molecular flexibility index (Phi) is 6.60. The molecule has 2 rings (SSSR count). The molecule has 0 heterocycles. The molecule has 0 saturated heterocycles. The zero-order chi connectivity index (χ0) is 19.1. The molecule has 138 valence electrons. The van der Waals surface area contributed by atoms with Crippen molar-refractivity contribution >= 4 is 12.0 Å². The summed E-state index contributed by atoms with van der Waals surface area (Å²) in [5.74, 6) is 1.04. The Morgan fingerprint density at radius 1 is 1.04 bits per heavy atom. The lowest BCUT2D eigenvalue weighted by atomic mass is 10.1. The first kappa shape index (κ1) is 19.3. The fourth-order valence-corrected chi connectivity index (χ4v) is 2.43.